The molecule has 0 aromatic rings. The fourth-order valence-corrected chi connectivity index (χ4v) is 3.03. The molecule has 2 aliphatic rings. The van der Waals surface area contributed by atoms with Gasteiger partial charge in [-0.1, -0.05) is 6.92 Å². The van der Waals surface area contributed by atoms with Crippen LogP contribution in [0.2, 0.25) is 0 Å². The van der Waals surface area contributed by atoms with Crippen LogP contribution in [0.4, 0.5) is 0 Å². The lowest BCUT2D eigenvalue weighted by atomic mass is 10.2. The molecule has 2 aliphatic heterocycles. The summed E-state index contributed by atoms with van der Waals surface area (Å²) in [5, 5.41) is 4.94. The van der Waals surface area contributed by atoms with Gasteiger partial charge in [0.25, 0.3) is 0 Å². The van der Waals surface area contributed by atoms with Crippen molar-refractivity contribution in [2.45, 2.75) is 38.3 Å². The minimum absolute atomic E-state index is 0.414. The van der Waals surface area contributed by atoms with Crippen molar-refractivity contribution in [2.75, 3.05) is 33.9 Å². The van der Waals surface area contributed by atoms with Gasteiger partial charge < -0.3 is 9.47 Å². The first-order chi connectivity index (χ1) is 8.31. The Morgan fingerprint density at radius 1 is 1.35 bits per heavy atom. The third kappa shape index (κ3) is 2.49. The molecule has 0 bridgehead atoms. The molecule has 4 nitrogen and oxygen atoms in total. The number of hydrogen-bond donors (Lipinski definition) is 0. The van der Waals surface area contributed by atoms with Crippen molar-refractivity contribution in [3.05, 3.63) is 11.8 Å². The zero-order valence-corrected chi connectivity index (χ0v) is 11.2. The van der Waals surface area contributed by atoms with Crippen LogP contribution < -0.4 is 0 Å². The summed E-state index contributed by atoms with van der Waals surface area (Å²) in [4.78, 5) is 0. The monoisotopic (exact) mass is 240 g/mol. The van der Waals surface area contributed by atoms with E-state index in [2.05, 4.69) is 23.0 Å². The van der Waals surface area contributed by atoms with Crippen molar-refractivity contribution in [2.24, 2.45) is 0 Å². The van der Waals surface area contributed by atoms with Gasteiger partial charge in [0, 0.05) is 26.2 Å². The SMILES string of the molecule is CC[C@H]1C(OC)=CCN1N1CCC[C@H]1COC. The summed E-state index contributed by atoms with van der Waals surface area (Å²) in [5.41, 5.74) is 0. The summed E-state index contributed by atoms with van der Waals surface area (Å²) in [6.45, 7) is 5.17. The number of methoxy groups -OCH3 is 2. The highest BCUT2D eigenvalue weighted by atomic mass is 16.5. The molecule has 1 fully saturated rings. The molecule has 4 heteroatoms. The van der Waals surface area contributed by atoms with E-state index < -0.39 is 0 Å². The summed E-state index contributed by atoms with van der Waals surface area (Å²) in [5.74, 6) is 1.12. The third-order valence-corrected chi connectivity index (χ3v) is 3.83. The summed E-state index contributed by atoms with van der Waals surface area (Å²) in [6, 6.07) is 0.955. The summed E-state index contributed by atoms with van der Waals surface area (Å²) in [6.07, 6.45) is 5.80. The molecular formula is C13H24N2O2. The Hall–Kier alpha value is -0.580. The summed E-state index contributed by atoms with van der Waals surface area (Å²) < 4.78 is 10.8. The molecule has 2 heterocycles. The van der Waals surface area contributed by atoms with Crippen molar-refractivity contribution >= 4 is 0 Å². The minimum Gasteiger partial charge on any atom is -0.500 e. The Bertz CT molecular complexity index is 281. The van der Waals surface area contributed by atoms with E-state index in [4.69, 9.17) is 9.47 Å². The molecule has 0 spiro atoms. The molecule has 0 aromatic carbocycles. The van der Waals surface area contributed by atoms with Gasteiger partial charge in [0.05, 0.1) is 19.8 Å². The van der Waals surface area contributed by atoms with Gasteiger partial charge in [-0.25, -0.2) is 10.0 Å². The molecule has 0 N–H and O–H groups in total. The van der Waals surface area contributed by atoms with Gasteiger partial charge in [-0.15, -0.1) is 0 Å². The molecule has 0 aliphatic carbocycles. The highest BCUT2D eigenvalue weighted by Gasteiger charge is 2.36. The van der Waals surface area contributed by atoms with E-state index in [1.54, 1.807) is 14.2 Å². The first-order valence-corrected chi connectivity index (χ1v) is 6.58. The average Bonchev–Trinajstić information content (AvgIpc) is 2.94. The second kappa shape index (κ2) is 5.85. The molecule has 2 rings (SSSR count). The highest BCUT2D eigenvalue weighted by Crippen LogP contribution is 2.29. The topological polar surface area (TPSA) is 24.9 Å². The van der Waals surface area contributed by atoms with Crippen molar-refractivity contribution in [1.29, 1.82) is 0 Å². The second-order valence-electron chi connectivity index (χ2n) is 4.77. The van der Waals surface area contributed by atoms with Gasteiger partial charge in [-0.2, -0.15) is 0 Å². The highest BCUT2D eigenvalue weighted by molar-refractivity contribution is 5.11. The molecule has 17 heavy (non-hydrogen) atoms. The van der Waals surface area contributed by atoms with Gasteiger partial charge in [-0.05, 0) is 25.3 Å². The number of ether oxygens (including phenoxy) is 2. The van der Waals surface area contributed by atoms with Gasteiger partial charge in [0.15, 0.2) is 0 Å². The quantitative estimate of drug-likeness (QED) is 0.729. The molecule has 0 amide bonds. The van der Waals surface area contributed by atoms with Crippen LogP contribution in [0, 0.1) is 0 Å². The maximum atomic E-state index is 5.46. The molecule has 98 valence electrons. The molecule has 1 saturated heterocycles. The lowest BCUT2D eigenvalue weighted by Crippen LogP contribution is -2.50. The molecule has 0 unspecified atom stereocenters. The van der Waals surface area contributed by atoms with Crippen LogP contribution in [0.25, 0.3) is 0 Å². The van der Waals surface area contributed by atoms with Crippen LogP contribution in [-0.2, 0) is 9.47 Å². The molecular weight excluding hydrogens is 216 g/mol. The van der Waals surface area contributed by atoms with Crippen molar-refractivity contribution in [3.63, 3.8) is 0 Å². The number of hydrogen-bond acceptors (Lipinski definition) is 4. The van der Waals surface area contributed by atoms with Crippen molar-refractivity contribution < 1.29 is 9.47 Å². The number of rotatable bonds is 5. The standard InChI is InChI=1S/C13H24N2O2/c1-4-12-13(17-3)7-9-15(12)14-8-5-6-11(14)10-16-2/h7,11-12H,4-6,8-10H2,1-3H3/t11-,12-/m0/s1. The normalized spacial score (nSPS) is 30.9. The molecule has 0 saturated carbocycles. The Labute approximate surface area is 104 Å². The Balaban J connectivity index is 2.02. The van der Waals surface area contributed by atoms with Crippen LogP contribution in [0.1, 0.15) is 26.2 Å². The largest absolute Gasteiger partial charge is 0.500 e. The maximum Gasteiger partial charge on any atom is 0.111 e. The zero-order chi connectivity index (χ0) is 12.3. The maximum absolute atomic E-state index is 5.46. The van der Waals surface area contributed by atoms with Crippen molar-refractivity contribution in [1.82, 2.24) is 10.0 Å². The number of hydrazine groups is 1. The number of nitrogens with zero attached hydrogens (tertiary/aromatic N) is 2. The zero-order valence-electron chi connectivity index (χ0n) is 11.2. The lowest BCUT2D eigenvalue weighted by molar-refractivity contribution is -0.0686. The Morgan fingerprint density at radius 2 is 2.18 bits per heavy atom. The third-order valence-electron chi connectivity index (χ3n) is 3.83. The predicted octanol–water partition coefficient (Wildman–Crippen LogP) is 1.64. The van der Waals surface area contributed by atoms with Crippen LogP contribution in [-0.4, -0.2) is 56.0 Å². The van der Waals surface area contributed by atoms with Crippen LogP contribution in [0.3, 0.4) is 0 Å². The van der Waals surface area contributed by atoms with Gasteiger partial charge in [-0.3, -0.25) is 0 Å². The van der Waals surface area contributed by atoms with Crippen LogP contribution in [0.15, 0.2) is 11.8 Å². The van der Waals surface area contributed by atoms with E-state index in [1.807, 2.05) is 0 Å². The molecule has 0 aromatic heterocycles. The predicted molar refractivity (Wildman–Crippen MR) is 67.5 cm³/mol. The Kier molecular flexibility index (Phi) is 4.42. The summed E-state index contributed by atoms with van der Waals surface area (Å²) in [7, 11) is 3.56. The van der Waals surface area contributed by atoms with Gasteiger partial charge >= 0.3 is 0 Å². The van der Waals surface area contributed by atoms with Crippen LogP contribution in [0.5, 0.6) is 0 Å². The fourth-order valence-electron chi connectivity index (χ4n) is 3.03. The van der Waals surface area contributed by atoms with E-state index in [-0.39, 0.29) is 0 Å². The summed E-state index contributed by atoms with van der Waals surface area (Å²) >= 11 is 0. The minimum atomic E-state index is 0.414. The second-order valence-corrected chi connectivity index (χ2v) is 4.77. The van der Waals surface area contributed by atoms with E-state index in [9.17, 15) is 0 Å². The average molecular weight is 240 g/mol. The van der Waals surface area contributed by atoms with Crippen LogP contribution >= 0.6 is 0 Å². The lowest BCUT2D eigenvalue weighted by Gasteiger charge is -2.37. The van der Waals surface area contributed by atoms with Gasteiger partial charge in [0.2, 0.25) is 0 Å². The fraction of sp³-hybridized carbons (Fsp3) is 0.846. The first-order valence-electron chi connectivity index (χ1n) is 6.58. The van der Waals surface area contributed by atoms with E-state index in [0.717, 1.165) is 31.9 Å². The van der Waals surface area contributed by atoms with Crippen molar-refractivity contribution in [3.8, 4) is 0 Å². The van der Waals surface area contributed by atoms with Gasteiger partial charge in [0.1, 0.15) is 5.76 Å². The molecule has 0 radical (unpaired) electrons. The first kappa shape index (κ1) is 12.9. The molecule has 2 atom stereocenters. The Morgan fingerprint density at radius 3 is 2.82 bits per heavy atom. The van der Waals surface area contributed by atoms with E-state index in [0.29, 0.717) is 12.1 Å². The van der Waals surface area contributed by atoms with E-state index >= 15 is 0 Å². The van der Waals surface area contributed by atoms with E-state index in [1.165, 1.54) is 12.8 Å². The smallest absolute Gasteiger partial charge is 0.111 e.